The van der Waals surface area contributed by atoms with E-state index in [1.807, 2.05) is 0 Å². The summed E-state index contributed by atoms with van der Waals surface area (Å²) in [4.78, 5) is 27.8. The van der Waals surface area contributed by atoms with Crippen molar-refractivity contribution in [2.24, 2.45) is 11.8 Å². The second-order valence-corrected chi connectivity index (χ2v) is 8.35. The molecule has 172 valence electrons. The topological polar surface area (TPSA) is 96.7 Å². The standard InChI is InChI=1S/C22H26F2N4O4/c1-31-12-25-21(29)16-11-28(10-13-2-3-13)7-6-18(16)26-22(30)19-9-20(32-27-19)15-5-4-14(23)8-17(15)24/h4-5,8-9,13,16,18H,2-3,6-7,10-12H2,1H3,(H,25,29)(H,26,30)/t16-,18-/m1/s1. The zero-order chi connectivity index (χ0) is 22.7. The summed E-state index contributed by atoms with van der Waals surface area (Å²) in [5.74, 6) is -1.96. The number of hydrogen-bond donors (Lipinski definition) is 2. The zero-order valence-electron chi connectivity index (χ0n) is 17.8. The van der Waals surface area contributed by atoms with Crippen LogP contribution in [0.15, 0.2) is 28.8 Å². The van der Waals surface area contributed by atoms with Crippen LogP contribution >= 0.6 is 0 Å². The number of hydrogen-bond acceptors (Lipinski definition) is 6. The first-order valence-electron chi connectivity index (χ1n) is 10.7. The number of nitrogens with zero attached hydrogens (tertiary/aromatic N) is 2. The van der Waals surface area contributed by atoms with Gasteiger partial charge in [0.15, 0.2) is 11.5 Å². The largest absolute Gasteiger partial charge is 0.364 e. The minimum Gasteiger partial charge on any atom is -0.364 e. The summed E-state index contributed by atoms with van der Waals surface area (Å²) in [6.07, 6.45) is 3.06. The monoisotopic (exact) mass is 448 g/mol. The number of methoxy groups -OCH3 is 1. The molecule has 32 heavy (non-hydrogen) atoms. The molecule has 1 saturated carbocycles. The Kier molecular flexibility index (Phi) is 6.80. The molecule has 1 aliphatic heterocycles. The number of likely N-dealkylation sites (tertiary alicyclic amines) is 1. The van der Waals surface area contributed by atoms with Crippen molar-refractivity contribution in [1.82, 2.24) is 20.7 Å². The molecule has 0 unspecified atom stereocenters. The first-order valence-corrected chi connectivity index (χ1v) is 10.7. The summed E-state index contributed by atoms with van der Waals surface area (Å²) in [5.41, 5.74) is -0.0386. The smallest absolute Gasteiger partial charge is 0.273 e. The molecule has 0 bridgehead atoms. The van der Waals surface area contributed by atoms with Crippen LogP contribution in [-0.4, -0.2) is 61.4 Å². The van der Waals surface area contributed by atoms with E-state index < -0.39 is 29.5 Å². The molecule has 2 N–H and O–H groups in total. The average molecular weight is 448 g/mol. The maximum absolute atomic E-state index is 14.0. The van der Waals surface area contributed by atoms with Gasteiger partial charge in [0, 0.05) is 44.9 Å². The number of halogens is 2. The van der Waals surface area contributed by atoms with Crippen LogP contribution in [0, 0.1) is 23.5 Å². The van der Waals surface area contributed by atoms with Crippen LogP contribution in [0.5, 0.6) is 0 Å². The minimum absolute atomic E-state index is 0.00292. The number of carbonyl (C=O) groups is 2. The number of aromatic nitrogens is 1. The summed E-state index contributed by atoms with van der Waals surface area (Å²) in [5, 5.41) is 9.33. The predicted molar refractivity (Wildman–Crippen MR) is 110 cm³/mol. The first kappa shape index (κ1) is 22.3. The molecule has 2 aliphatic rings. The fourth-order valence-corrected chi connectivity index (χ4v) is 4.00. The van der Waals surface area contributed by atoms with Gasteiger partial charge >= 0.3 is 0 Å². The van der Waals surface area contributed by atoms with E-state index in [1.165, 1.54) is 32.1 Å². The lowest BCUT2D eigenvalue weighted by atomic mass is 9.90. The van der Waals surface area contributed by atoms with Crippen molar-refractivity contribution in [3.8, 4) is 11.3 Å². The van der Waals surface area contributed by atoms with Crippen molar-refractivity contribution in [3.63, 3.8) is 0 Å². The molecule has 8 nitrogen and oxygen atoms in total. The van der Waals surface area contributed by atoms with Gasteiger partial charge in [0.05, 0.1) is 11.5 Å². The third kappa shape index (κ3) is 5.31. The third-order valence-electron chi connectivity index (χ3n) is 5.89. The maximum Gasteiger partial charge on any atom is 0.273 e. The van der Waals surface area contributed by atoms with Crippen LogP contribution < -0.4 is 10.6 Å². The number of ether oxygens (including phenoxy) is 1. The molecule has 10 heteroatoms. The Balaban J connectivity index is 1.44. The summed E-state index contributed by atoms with van der Waals surface area (Å²) < 4.78 is 37.2. The van der Waals surface area contributed by atoms with Gasteiger partial charge in [-0.2, -0.15) is 0 Å². The lowest BCUT2D eigenvalue weighted by Crippen LogP contribution is -2.56. The summed E-state index contributed by atoms with van der Waals surface area (Å²) >= 11 is 0. The maximum atomic E-state index is 14.0. The number of amides is 2. The summed E-state index contributed by atoms with van der Waals surface area (Å²) in [7, 11) is 1.49. The van der Waals surface area contributed by atoms with Crippen LogP contribution in [0.25, 0.3) is 11.3 Å². The molecule has 1 aliphatic carbocycles. The SMILES string of the molecule is COCNC(=O)[C@@H]1CN(CC2CC2)CC[C@H]1NC(=O)c1cc(-c2ccc(F)cc2F)on1. The Morgan fingerprint density at radius 1 is 1.25 bits per heavy atom. The highest BCUT2D eigenvalue weighted by atomic mass is 19.1. The Bertz CT molecular complexity index is 979. The molecule has 0 spiro atoms. The lowest BCUT2D eigenvalue weighted by molar-refractivity contribution is -0.129. The Hall–Kier alpha value is -2.85. The quantitative estimate of drug-likeness (QED) is 0.601. The van der Waals surface area contributed by atoms with Crippen molar-refractivity contribution in [2.45, 2.75) is 25.3 Å². The molecule has 1 saturated heterocycles. The predicted octanol–water partition coefficient (Wildman–Crippen LogP) is 2.17. The van der Waals surface area contributed by atoms with E-state index in [1.54, 1.807) is 0 Å². The average Bonchev–Trinajstić information content (AvgIpc) is 3.45. The van der Waals surface area contributed by atoms with E-state index in [9.17, 15) is 18.4 Å². The van der Waals surface area contributed by atoms with Crippen LogP contribution in [0.2, 0.25) is 0 Å². The number of benzene rings is 1. The lowest BCUT2D eigenvalue weighted by Gasteiger charge is -2.38. The fourth-order valence-electron chi connectivity index (χ4n) is 4.00. The number of nitrogens with one attached hydrogen (secondary N) is 2. The molecule has 2 aromatic rings. The van der Waals surface area contributed by atoms with Gasteiger partial charge in [-0.05, 0) is 37.3 Å². The molecule has 2 amide bonds. The van der Waals surface area contributed by atoms with Crippen LogP contribution in [0.1, 0.15) is 29.8 Å². The summed E-state index contributed by atoms with van der Waals surface area (Å²) in [6, 6.07) is 3.96. The van der Waals surface area contributed by atoms with Gasteiger partial charge in [0.1, 0.15) is 18.4 Å². The highest BCUT2D eigenvalue weighted by Gasteiger charge is 2.37. The second-order valence-electron chi connectivity index (χ2n) is 8.35. The van der Waals surface area contributed by atoms with Gasteiger partial charge in [-0.25, -0.2) is 8.78 Å². The van der Waals surface area contributed by atoms with Crippen LogP contribution in [0.4, 0.5) is 8.78 Å². The number of piperidine rings is 1. The van der Waals surface area contributed by atoms with E-state index in [4.69, 9.17) is 9.26 Å². The Morgan fingerprint density at radius 3 is 2.78 bits per heavy atom. The third-order valence-corrected chi connectivity index (χ3v) is 5.89. The van der Waals surface area contributed by atoms with Crippen LogP contribution in [0.3, 0.4) is 0 Å². The Morgan fingerprint density at radius 2 is 2.06 bits per heavy atom. The normalized spacial score (nSPS) is 21.3. The molecule has 0 radical (unpaired) electrons. The second kappa shape index (κ2) is 9.74. The van der Waals surface area contributed by atoms with Crippen LogP contribution in [-0.2, 0) is 9.53 Å². The van der Waals surface area contributed by atoms with Gasteiger partial charge in [-0.15, -0.1) is 0 Å². The molecule has 2 atom stereocenters. The molecular formula is C22H26F2N4O4. The molecular weight excluding hydrogens is 422 g/mol. The fraction of sp³-hybridized carbons (Fsp3) is 0.500. The molecule has 2 fully saturated rings. The van der Waals surface area contributed by atoms with Gasteiger partial charge in [0.25, 0.3) is 5.91 Å². The number of carbonyl (C=O) groups excluding carboxylic acids is 2. The zero-order valence-corrected chi connectivity index (χ0v) is 17.8. The van der Waals surface area contributed by atoms with Crippen molar-refractivity contribution in [3.05, 3.63) is 41.6 Å². The molecule has 1 aromatic heterocycles. The van der Waals surface area contributed by atoms with Crippen molar-refractivity contribution in [1.29, 1.82) is 0 Å². The molecule has 4 rings (SSSR count). The first-order chi connectivity index (χ1) is 15.4. The van der Waals surface area contributed by atoms with E-state index in [-0.39, 0.29) is 29.7 Å². The van der Waals surface area contributed by atoms with E-state index in [2.05, 4.69) is 20.7 Å². The van der Waals surface area contributed by atoms with Gasteiger partial charge in [-0.3, -0.25) is 9.59 Å². The molecule has 2 heterocycles. The van der Waals surface area contributed by atoms with Crippen molar-refractivity contribution >= 4 is 11.8 Å². The van der Waals surface area contributed by atoms with Gasteiger partial charge in [0.2, 0.25) is 5.91 Å². The highest BCUT2D eigenvalue weighted by Crippen LogP contribution is 2.31. The van der Waals surface area contributed by atoms with E-state index >= 15 is 0 Å². The molecule has 1 aromatic carbocycles. The van der Waals surface area contributed by atoms with Crippen molar-refractivity contribution in [2.75, 3.05) is 33.5 Å². The van der Waals surface area contributed by atoms with E-state index in [0.29, 0.717) is 18.9 Å². The van der Waals surface area contributed by atoms with Crippen molar-refractivity contribution < 1.29 is 27.6 Å². The highest BCUT2D eigenvalue weighted by molar-refractivity contribution is 5.94. The summed E-state index contributed by atoms with van der Waals surface area (Å²) in [6.45, 7) is 2.38. The van der Waals surface area contributed by atoms with E-state index in [0.717, 1.165) is 25.2 Å². The minimum atomic E-state index is -0.814. The van der Waals surface area contributed by atoms with Gasteiger partial charge < -0.3 is 24.8 Å². The Labute approximate surface area is 184 Å². The number of rotatable bonds is 8. The van der Waals surface area contributed by atoms with Gasteiger partial charge in [-0.1, -0.05) is 5.16 Å².